The van der Waals surface area contributed by atoms with Crippen LogP contribution in [0.3, 0.4) is 0 Å². The predicted octanol–water partition coefficient (Wildman–Crippen LogP) is 2.79. The van der Waals surface area contributed by atoms with E-state index in [9.17, 15) is 9.59 Å². The van der Waals surface area contributed by atoms with Crippen LogP contribution in [0.15, 0.2) is 42.5 Å². The molecule has 0 radical (unpaired) electrons. The van der Waals surface area contributed by atoms with Crippen LogP contribution in [0, 0.1) is 0 Å². The van der Waals surface area contributed by atoms with Crippen molar-refractivity contribution in [2.45, 2.75) is 0 Å². The molecule has 126 valence electrons. The minimum atomic E-state index is -0.561. The third kappa shape index (κ3) is 3.84. The highest BCUT2D eigenvalue weighted by Crippen LogP contribution is 2.27. The van der Waals surface area contributed by atoms with Crippen molar-refractivity contribution in [1.82, 2.24) is 0 Å². The molecule has 0 aromatic heterocycles. The maximum atomic E-state index is 12.2. The maximum Gasteiger partial charge on any atom is 0.340 e. The number of hydrogen-bond acceptors (Lipinski definition) is 6. The second-order valence-corrected chi connectivity index (χ2v) is 4.86. The molecule has 0 fully saturated rings. The molecule has 6 heteroatoms. The van der Waals surface area contributed by atoms with Crippen LogP contribution in [0.4, 0.5) is 5.69 Å². The number of Topliss-reactive ketones (excluding diaryl/α,β-unsaturated/α-hetero) is 1. The smallest absolute Gasteiger partial charge is 0.340 e. The van der Waals surface area contributed by atoms with Gasteiger partial charge in [-0.05, 0) is 30.3 Å². The Balaban J connectivity index is 2.06. The van der Waals surface area contributed by atoms with Gasteiger partial charge in [-0.1, -0.05) is 12.1 Å². The van der Waals surface area contributed by atoms with E-state index in [1.54, 1.807) is 49.5 Å². The number of anilines is 1. The number of benzene rings is 2. The summed E-state index contributed by atoms with van der Waals surface area (Å²) in [5.74, 6) is 0.0733. The van der Waals surface area contributed by atoms with E-state index in [-0.39, 0.29) is 12.4 Å². The third-order valence-corrected chi connectivity index (χ3v) is 3.46. The monoisotopic (exact) mass is 329 g/mol. The van der Waals surface area contributed by atoms with Crippen LogP contribution >= 0.6 is 0 Å². The van der Waals surface area contributed by atoms with Gasteiger partial charge in [0.2, 0.25) is 0 Å². The summed E-state index contributed by atoms with van der Waals surface area (Å²) in [7, 11) is 4.71. The van der Waals surface area contributed by atoms with E-state index in [1.807, 2.05) is 0 Å². The third-order valence-electron chi connectivity index (χ3n) is 3.46. The second kappa shape index (κ2) is 8.01. The Morgan fingerprint density at radius 3 is 2.38 bits per heavy atom. The number of hydrogen-bond donors (Lipinski definition) is 1. The van der Waals surface area contributed by atoms with Crippen LogP contribution in [-0.4, -0.2) is 39.6 Å². The SMILES string of the molecule is CNc1ccccc1C(=O)OCC(=O)c1ccc(OC)c(OC)c1. The molecular formula is C18H19NO5. The number of esters is 1. The van der Waals surface area contributed by atoms with Crippen LogP contribution in [-0.2, 0) is 4.74 Å². The van der Waals surface area contributed by atoms with E-state index in [0.717, 1.165) is 0 Å². The molecule has 1 N–H and O–H groups in total. The van der Waals surface area contributed by atoms with Gasteiger partial charge in [-0.15, -0.1) is 0 Å². The highest BCUT2D eigenvalue weighted by Gasteiger charge is 2.16. The van der Waals surface area contributed by atoms with Gasteiger partial charge in [-0.3, -0.25) is 4.79 Å². The first-order chi connectivity index (χ1) is 11.6. The van der Waals surface area contributed by atoms with Gasteiger partial charge in [0, 0.05) is 18.3 Å². The molecule has 0 aliphatic heterocycles. The maximum absolute atomic E-state index is 12.2. The minimum absolute atomic E-state index is 0.328. The fraction of sp³-hybridized carbons (Fsp3) is 0.222. The summed E-state index contributed by atoms with van der Waals surface area (Å²) >= 11 is 0. The fourth-order valence-corrected chi connectivity index (χ4v) is 2.18. The normalized spacial score (nSPS) is 9.96. The summed E-state index contributed by atoms with van der Waals surface area (Å²) in [6, 6.07) is 11.7. The Bertz CT molecular complexity index is 742. The van der Waals surface area contributed by atoms with Crippen molar-refractivity contribution in [1.29, 1.82) is 0 Å². The lowest BCUT2D eigenvalue weighted by atomic mass is 10.1. The van der Waals surface area contributed by atoms with Crippen molar-refractivity contribution < 1.29 is 23.8 Å². The Hall–Kier alpha value is -3.02. The first kappa shape index (κ1) is 17.3. The number of carbonyl (C=O) groups is 2. The van der Waals surface area contributed by atoms with E-state index >= 15 is 0 Å². The lowest BCUT2D eigenvalue weighted by Gasteiger charge is -2.10. The van der Waals surface area contributed by atoms with E-state index < -0.39 is 5.97 Å². The fourth-order valence-electron chi connectivity index (χ4n) is 2.18. The topological polar surface area (TPSA) is 73.9 Å². The van der Waals surface area contributed by atoms with Gasteiger partial charge < -0.3 is 19.5 Å². The molecule has 0 atom stereocenters. The standard InChI is InChI=1S/C18H19NO5/c1-19-14-7-5-4-6-13(14)18(21)24-11-15(20)12-8-9-16(22-2)17(10-12)23-3/h4-10,19H,11H2,1-3H3. The summed E-state index contributed by atoms with van der Waals surface area (Å²) < 4.78 is 15.4. The quantitative estimate of drug-likeness (QED) is 0.622. The summed E-state index contributed by atoms with van der Waals surface area (Å²) in [5, 5.41) is 2.91. The van der Waals surface area contributed by atoms with Gasteiger partial charge in [-0.25, -0.2) is 4.79 Å². The number of rotatable bonds is 7. The molecule has 0 unspecified atom stereocenters. The summed E-state index contributed by atoms with van der Waals surface area (Å²) in [6.45, 7) is -0.355. The van der Waals surface area contributed by atoms with E-state index in [2.05, 4.69) is 5.32 Å². The molecule has 0 saturated carbocycles. The Morgan fingerprint density at radius 2 is 1.71 bits per heavy atom. The number of para-hydroxylation sites is 1. The molecule has 2 aromatic carbocycles. The average Bonchev–Trinajstić information content (AvgIpc) is 2.64. The Morgan fingerprint density at radius 1 is 1.00 bits per heavy atom. The van der Waals surface area contributed by atoms with Crippen LogP contribution in [0.5, 0.6) is 11.5 Å². The zero-order valence-electron chi connectivity index (χ0n) is 13.8. The largest absolute Gasteiger partial charge is 0.493 e. The average molecular weight is 329 g/mol. The van der Waals surface area contributed by atoms with Crippen molar-refractivity contribution in [2.24, 2.45) is 0 Å². The van der Waals surface area contributed by atoms with E-state index in [0.29, 0.717) is 28.3 Å². The first-order valence-electron chi connectivity index (χ1n) is 7.29. The van der Waals surface area contributed by atoms with E-state index in [1.165, 1.54) is 14.2 Å². The molecule has 2 aromatic rings. The van der Waals surface area contributed by atoms with Crippen molar-refractivity contribution in [3.63, 3.8) is 0 Å². The van der Waals surface area contributed by atoms with Gasteiger partial charge in [0.05, 0.1) is 19.8 Å². The molecule has 24 heavy (non-hydrogen) atoms. The number of carbonyl (C=O) groups excluding carboxylic acids is 2. The Labute approximate surface area is 140 Å². The summed E-state index contributed by atoms with van der Waals surface area (Å²) in [4.78, 5) is 24.3. The van der Waals surface area contributed by atoms with Gasteiger partial charge >= 0.3 is 5.97 Å². The van der Waals surface area contributed by atoms with Crippen LogP contribution in [0.2, 0.25) is 0 Å². The number of nitrogens with one attached hydrogen (secondary N) is 1. The highest BCUT2D eigenvalue weighted by atomic mass is 16.5. The van der Waals surface area contributed by atoms with Gasteiger partial charge in [0.1, 0.15) is 0 Å². The lowest BCUT2D eigenvalue weighted by molar-refractivity contribution is 0.0475. The van der Waals surface area contributed by atoms with Crippen molar-refractivity contribution >= 4 is 17.4 Å². The molecule has 0 aliphatic rings. The van der Waals surface area contributed by atoms with Crippen LogP contribution in [0.25, 0.3) is 0 Å². The molecule has 0 aliphatic carbocycles. The molecule has 0 spiro atoms. The molecule has 6 nitrogen and oxygen atoms in total. The van der Waals surface area contributed by atoms with Crippen LogP contribution < -0.4 is 14.8 Å². The molecule has 2 rings (SSSR count). The molecule has 0 bridgehead atoms. The first-order valence-corrected chi connectivity index (χ1v) is 7.29. The lowest BCUT2D eigenvalue weighted by Crippen LogP contribution is -2.15. The highest BCUT2D eigenvalue weighted by molar-refractivity contribution is 6.01. The van der Waals surface area contributed by atoms with Gasteiger partial charge in [0.25, 0.3) is 0 Å². The van der Waals surface area contributed by atoms with Gasteiger partial charge in [-0.2, -0.15) is 0 Å². The van der Waals surface area contributed by atoms with Gasteiger partial charge in [0.15, 0.2) is 23.9 Å². The number of ether oxygens (including phenoxy) is 3. The molecular weight excluding hydrogens is 310 g/mol. The summed E-state index contributed by atoms with van der Waals surface area (Å²) in [5.41, 5.74) is 1.39. The van der Waals surface area contributed by atoms with E-state index in [4.69, 9.17) is 14.2 Å². The minimum Gasteiger partial charge on any atom is -0.493 e. The zero-order chi connectivity index (χ0) is 17.5. The Kier molecular flexibility index (Phi) is 5.78. The molecule has 0 heterocycles. The van der Waals surface area contributed by atoms with Crippen LogP contribution in [0.1, 0.15) is 20.7 Å². The number of ketones is 1. The zero-order valence-corrected chi connectivity index (χ0v) is 13.8. The predicted molar refractivity (Wildman–Crippen MR) is 90.1 cm³/mol. The van der Waals surface area contributed by atoms with Crippen molar-refractivity contribution in [3.05, 3.63) is 53.6 Å². The second-order valence-electron chi connectivity index (χ2n) is 4.86. The summed E-state index contributed by atoms with van der Waals surface area (Å²) in [6.07, 6.45) is 0. The van der Waals surface area contributed by atoms with Crippen molar-refractivity contribution in [3.8, 4) is 11.5 Å². The molecule has 0 saturated heterocycles. The molecule has 0 amide bonds. The van der Waals surface area contributed by atoms with Crippen molar-refractivity contribution in [2.75, 3.05) is 33.2 Å². The number of methoxy groups -OCH3 is 2.